The third kappa shape index (κ3) is 13.3. The number of nitrogens with zero attached hydrogens (tertiary/aromatic N) is 1. The molecular formula is C37H51NO4. The normalized spacial score (nSPS) is 11.9. The Hall–Kier alpha value is -3.78. The predicted molar refractivity (Wildman–Crippen MR) is 176 cm³/mol. The molecule has 5 nitrogen and oxygen atoms in total. The van der Waals surface area contributed by atoms with Crippen molar-refractivity contribution >= 4 is 17.3 Å². The Morgan fingerprint density at radius 1 is 1.02 bits per heavy atom. The molecule has 1 N–H and O–H groups in total. The molecule has 5 heteroatoms. The average Bonchev–Trinajstić information content (AvgIpc) is 3.00. The Morgan fingerprint density at radius 3 is 2.24 bits per heavy atom. The van der Waals surface area contributed by atoms with Crippen molar-refractivity contribution in [2.75, 3.05) is 13.7 Å². The number of phenols is 1. The van der Waals surface area contributed by atoms with E-state index in [0.717, 1.165) is 43.2 Å². The highest BCUT2D eigenvalue weighted by Crippen LogP contribution is 2.26. The van der Waals surface area contributed by atoms with Crippen molar-refractivity contribution in [1.29, 1.82) is 0 Å². The van der Waals surface area contributed by atoms with Crippen LogP contribution in [0, 0.1) is 17.3 Å². The van der Waals surface area contributed by atoms with E-state index in [-0.39, 0.29) is 29.3 Å². The number of ketones is 1. The molecule has 1 amide bonds. The van der Waals surface area contributed by atoms with Crippen LogP contribution in [0.1, 0.15) is 108 Å². The Balaban J connectivity index is 0.000000762. The SMILES string of the molecule is CC.CCC#CC(C)(C)C.CCCCN(Cc1ccc(O)cc1OC)C(=O)CC(=O)c1ccc(C2=CCCC=C2)cc1. The van der Waals surface area contributed by atoms with Crippen LogP contribution in [0.5, 0.6) is 11.5 Å². The van der Waals surface area contributed by atoms with Crippen LogP contribution in [0.3, 0.4) is 0 Å². The van der Waals surface area contributed by atoms with Crippen molar-refractivity contribution < 1.29 is 19.4 Å². The number of carbonyl (C=O) groups is 2. The van der Waals surface area contributed by atoms with E-state index in [4.69, 9.17) is 4.74 Å². The minimum absolute atomic E-state index is 0.107. The standard InChI is InChI=1S/C27H31NO4.C8H14.C2H6/c1-3-4-16-28(19-23-14-15-24(29)17-26(23)32-2)27(31)18-25(30)22-12-10-21(11-13-22)20-8-6-5-7-9-20;1-5-6-7-8(2,3)4;1-2/h6,8-15,17,29H,3-5,7,16,18-19H2,1-2H3;5H2,1-4H3;1-2H3. The number of carbonyl (C=O) groups excluding carboxylic acids is 2. The van der Waals surface area contributed by atoms with Crippen molar-refractivity contribution in [3.05, 3.63) is 77.4 Å². The number of allylic oxidation sites excluding steroid dienone is 4. The van der Waals surface area contributed by atoms with E-state index < -0.39 is 0 Å². The van der Waals surface area contributed by atoms with Gasteiger partial charge in [0.15, 0.2) is 5.78 Å². The second-order valence-electron chi connectivity index (χ2n) is 10.9. The third-order valence-electron chi connectivity index (χ3n) is 6.25. The van der Waals surface area contributed by atoms with Gasteiger partial charge in [-0.1, -0.05) is 82.5 Å². The van der Waals surface area contributed by atoms with Crippen molar-refractivity contribution in [2.24, 2.45) is 5.41 Å². The number of unbranched alkanes of at least 4 members (excludes halogenated alkanes) is 1. The number of Topliss-reactive ketones (excluding diaryl/α,β-unsaturated/α-hetero) is 1. The smallest absolute Gasteiger partial charge is 0.230 e. The summed E-state index contributed by atoms with van der Waals surface area (Å²) in [6.07, 6.45) is 11.1. The number of hydrogen-bond acceptors (Lipinski definition) is 4. The Labute approximate surface area is 254 Å². The molecule has 0 fully saturated rings. The van der Waals surface area contributed by atoms with Gasteiger partial charge in [-0.3, -0.25) is 9.59 Å². The Bertz CT molecular complexity index is 1240. The van der Waals surface area contributed by atoms with Crippen LogP contribution in [0.25, 0.3) is 5.57 Å². The van der Waals surface area contributed by atoms with Crippen LogP contribution in [0.15, 0.2) is 60.7 Å². The number of benzene rings is 2. The minimum atomic E-state index is -0.208. The van der Waals surface area contributed by atoms with Gasteiger partial charge in [0.2, 0.25) is 5.91 Å². The fraction of sp³-hybridized carbons (Fsp3) is 0.459. The maximum Gasteiger partial charge on any atom is 0.230 e. The molecule has 0 atom stereocenters. The van der Waals surface area contributed by atoms with Gasteiger partial charge in [0.05, 0.1) is 13.5 Å². The van der Waals surface area contributed by atoms with Gasteiger partial charge in [-0.2, -0.15) is 0 Å². The molecule has 0 spiro atoms. The van der Waals surface area contributed by atoms with Gasteiger partial charge < -0.3 is 14.7 Å². The Morgan fingerprint density at radius 2 is 1.71 bits per heavy atom. The number of aromatic hydroxyl groups is 1. The third-order valence-corrected chi connectivity index (χ3v) is 6.25. The second-order valence-corrected chi connectivity index (χ2v) is 10.9. The summed E-state index contributed by atoms with van der Waals surface area (Å²) >= 11 is 0. The summed E-state index contributed by atoms with van der Waals surface area (Å²) in [5.74, 6) is 6.39. The largest absolute Gasteiger partial charge is 0.508 e. The van der Waals surface area contributed by atoms with Crippen molar-refractivity contribution in [1.82, 2.24) is 4.90 Å². The van der Waals surface area contributed by atoms with E-state index >= 15 is 0 Å². The number of amides is 1. The maximum atomic E-state index is 13.0. The molecule has 0 unspecified atom stereocenters. The van der Waals surface area contributed by atoms with Gasteiger partial charge in [-0.05, 0) is 63.3 Å². The van der Waals surface area contributed by atoms with E-state index in [2.05, 4.69) is 64.7 Å². The van der Waals surface area contributed by atoms with E-state index in [1.54, 1.807) is 29.2 Å². The fourth-order valence-corrected chi connectivity index (χ4v) is 4.09. The zero-order valence-corrected chi connectivity index (χ0v) is 27.0. The molecule has 228 valence electrons. The molecule has 0 bridgehead atoms. The first kappa shape index (κ1) is 36.2. The van der Waals surface area contributed by atoms with E-state index in [1.807, 2.05) is 26.0 Å². The zero-order valence-electron chi connectivity index (χ0n) is 27.0. The Kier molecular flexibility index (Phi) is 16.7. The first-order valence-corrected chi connectivity index (χ1v) is 15.2. The summed E-state index contributed by atoms with van der Waals surface area (Å²) < 4.78 is 5.35. The zero-order chi connectivity index (χ0) is 31.5. The number of methoxy groups -OCH3 is 1. The molecule has 1 aliphatic carbocycles. The highest BCUT2D eigenvalue weighted by molar-refractivity contribution is 6.07. The van der Waals surface area contributed by atoms with Gasteiger partial charge >= 0.3 is 0 Å². The van der Waals surface area contributed by atoms with Crippen LogP contribution >= 0.6 is 0 Å². The van der Waals surface area contributed by atoms with Gasteiger partial charge in [0, 0.05) is 42.1 Å². The summed E-state index contributed by atoms with van der Waals surface area (Å²) in [4.78, 5) is 27.5. The van der Waals surface area contributed by atoms with Crippen LogP contribution in [0.4, 0.5) is 0 Å². The lowest BCUT2D eigenvalue weighted by atomic mass is 9.97. The van der Waals surface area contributed by atoms with Crippen LogP contribution in [-0.4, -0.2) is 35.4 Å². The maximum absolute atomic E-state index is 13.0. The first-order chi connectivity index (χ1) is 20.1. The summed E-state index contributed by atoms with van der Waals surface area (Å²) in [6.45, 7) is 15.4. The highest BCUT2D eigenvalue weighted by atomic mass is 16.5. The van der Waals surface area contributed by atoms with Gasteiger partial charge in [0.25, 0.3) is 0 Å². The summed E-state index contributed by atoms with van der Waals surface area (Å²) in [5, 5.41) is 9.69. The van der Waals surface area contributed by atoms with Gasteiger partial charge in [-0.15, -0.1) is 5.92 Å². The highest BCUT2D eigenvalue weighted by Gasteiger charge is 2.20. The molecule has 3 rings (SSSR count). The first-order valence-electron chi connectivity index (χ1n) is 15.2. The van der Waals surface area contributed by atoms with Gasteiger partial charge in [0.1, 0.15) is 11.5 Å². The fourth-order valence-electron chi connectivity index (χ4n) is 4.09. The average molecular weight is 574 g/mol. The molecule has 2 aromatic carbocycles. The van der Waals surface area contributed by atoms with Crippen LogP contribution < -0.4 is 4.74 Å². The minimum Gasteiger partial charge on any atom is -0.508 e. The van der Waals surface area contributed by atoms with E-state index in [1.165, 1.54) is 18.7 Å². The molecule has 0 aliphatic heterocycles. The number of rotatable bonds is 10. The van der Waals surface area contributed by atoms with Crippen LogP contribution in [-0.2, 0) is 11.3 Å². The van der Waals surface area contributed by atoms with E-state index in [0.29, 0.717) is 24.4 Å². The number of hydrogen-bond donors (Lipinski definition) is 1. The monoisotopic (exact) mass is 573 g/mol. The van der Waals surface area contributed by atoms with Crippen molar-refractivity contribution in [3.63, 3.8) is 0 Å². The molecule has 0 heterocycles. The molecule has 0 radical (unpaired) electrons. The summed E-state index contributed by atoms with van der Waals surface area (Å²) in [5.41, 5.74) is 3.77. The summed E-state index contributed by atoms with van der Waals surface area (Å²) in [6, 6.07) is 12.3. The van der Waals surface area contributed by atoms with Crippen LogP contribution in [0.2, 0.25) is 0 Å². The topological polar surface area (TPSA) is 66.8 Å². The molecule has 0 saturated heterocycles. The predicted octanol–water partition coefficient (Wildman–Crippen LogP) is 9.01. The molecular weight excluding hydrogens is 522 g/mol. The lowest BCUT2D eigenvalue weighted by molar-refractivity contribution is -0.130. The van der Waals surface area contributed by atoms with Crippen molar-refractivity contribution in [3.8, 4) is 23.3 Å². The molecule has 1 aliphatic rings. The second kappa shape index (κ2) is 19.4. The lowest BCUT2D eigenvalue weighted by Gasteiger charge is -2.23. The molecule has 42 heavy (non-hydrogen) atoms. The van der Waals surface area contributed by atoms with Gasteiger partial charge in [-0.25, -0.2) is 0 Å². The molecule has 2 aromatic rings. The lowest BCUT2D eigenvalue weighted by Crippen LogP contribution is -2.33. The molecule has 0 saturated carbocycles. The summed E-state index contributed by atoms with van der Waals surface area (Å²) in [7, 11) is 1.53. The van der Waals surface area contributed by atoms with E-state index in [9.17, 15) is 14.7 Å². The van der Waals surface area contributed by atoms with Crippen molar-refractivity contribution in [2.45, 2.75) is 93.5 Å². The number of phenolic OH excluding ortho intramolecular Hbond substituents is 1. The quantitative estimate of drug-likeness (QED) is 0.175. The number of ether oxygens (including phenoxy) is 1. The molecule has 0 aromatic heterocycles.